The Bertz CT molecular complexity index is 678. The number of rotatable bonds is 1. The van der Waals surface area contributed by atoms with E-state index in [1.54, 1.807) is 4.68 Å². The van der Waals surface area contributed by atoms with Crippen molar-refractivity contribution in [3.8, 4) is 5.69 Å². The Labute approximate surface area is 129 Å². The molecule has 0 aliphatic rings. The van der Waals surface area contributed by atoms with Crippen LogP contribution in [-0.4, -0.2) is 9.78 Å². The van der Waals surface area contributed by atoms with E-state index in [0.717, 1.165) is 21.4 Å². The molecule has 1 heterocycles. The molecule has 0 saturated heterocycles. The summed E-state index contributed by atoms with van der Waals surface area (Å²) >= 11 is 6.83. The van der Waals surface area contributed by atoms with Gasteiger partial charge < -0.3 is 0 Å². The van der Waals surface area contributed by atoms with Crippen LogP contribution in [0.25, 0.3) is 5.69 Å². The summed E-state index contributed by atoms with van der Waals surface area (Å²) in [5.41, 5.74) is 2.62. The highest BCUT2D eigenvalue weighted by molar-refractivity contribution is 9.10. The highest BCUT2D eigenvalue weighted by Gasteiger charge is 2.23. The summed E-state index contributed by atoms with van der Waals surface area (Å²) in [6.45, 7) is 8.20. The molecule has 1 aromatic heterocycles. The van der Waals surface area contributed by atoms with Gasteiger partial charge in [-0.3, -0.25) is 9.89 Å². The van der Waals surface area contributed by atoms with E-state index in [-0.39, 0.29) is 11.0 Å². The second kappa shape index (κ2) is 4.94. The summed E-state index contributed by atoms with van der Waals surface area (Å²) < 4.78 is 3.19. The molecule has 0 unspecified atom stereocenters. The molecule has 0 amide bonds. The van der Waals surface area contributed by atoms with Gasteiger partial charge in [-0.05, 0) is 46.6 Å². The molecule has 0 atom stereocenters. The van der Waals surface area contributed by atoms with Crippen molar-refractivity contribution in [1.82, 2.24) is 9.78 Å². The highest BCUT2D eigenvalue weighted by Crippen LogP contribution is 2.27. The first-order valence-electron chi connectivity index (χ1n) is 5.99. The molecule has 1 aromatic carbocycles. The Kier molecular flexibility index (Phi) is 3.80. The lowest BCUT2D eigenvalue weighted by Crippen LogP contribution is -2.15. The van der Waals surface area contributed by atoms with E-state index >= 15 is 0 Å². The van der Waals surface area contributed by atoms with Crippen LogP contribution in [0.5, 0.6) is 0 Å². The van der Waals surface area contributed by atoms with Crippen molar-refractivity contribution >= 4 is 31.9 Å². The number of nitrogens with one attached hydrogen (secondary N) is 1. The lowest BCUT2D eigenvalue weighted by Gasteiger charge is -2.16. The zero-order valence-electron chi connectivity index (χ0n) is 11.3. The van der Waals surface area contributed by atoms with E-state index in [1.807, 2.05) is 25.1 Å². The maximum absolute atomic E-state index is 12.3. The van der Waals surface area contributed by atoms with Crippen LogP contribution >= 0.6 is 31.9 Å². The van der Waals surface area contributed by atoms with Crippen LogP contribution < -0.4 is 5.56 Å². The monoisotopic (exact) mass is 386 g/mol. The minimum Gasteiger partial charge on any atom is -0.293 e. The molecule has 0 spiro atoms. The highest BCUT2D eigenvalue weighted by atomic mass is 79.9. The van der Waals surface area contributed by atoms with Crippen molar-refractivity contribution in [2.75, 3.05) is 0 Å². The lowest BCUT2D eigenvalue weighted by molar-refractivity contribution is 0.557. The number of hydrogen-bond donors (Lipinski definition) is 1. The number of benzene rings is 1. The third kappa shape index (κ3) is 2.72. The van der Waals surface area contributed by atoms with E-state index in [0.29, 0.717) is 4.47 Å². The summed E-state index contributed by atoms with van der Waals surface area (Å²) in [5, 5.41) is 3.21. The Morgan fingerprint density at radius 3 is 2.32 bits per heavy atom. The molecule has 0 saturated carbocycles. The summed E-state index contributed by atoms with van der Waals surface area (Å²) in [5.74, 6) is 0. The summed E-state index contributed by atoms with van der Waals surface area (Å²) in [7, 11) is 0. The fourth-order valence-corrected chi connectivity index (χ4v) is 3.29. The number of H-pyrrole nitrogens is 1. The first-order valence-corrected chi connectivity index (χ1v) is 7.58. The first kappa shape index (κ1) is 14.6. The third-order valence-electron chi connectivity index (χ3n) is 2.98. The van der Waals surface area contributed by atoms with Gasteiger partial charge in [-0.1, -0.05) is 36.7 Å². The molecule has 5 heteroatoms. The van der Waals surface area contributed by atoms with Crippen LogP contribution in [0.1, 0.15) is 32.0 Å². The summed E-state index contributed by atoms with van der Waals surface area (Å²) in [6.07, 6.45) is 0. The first-order chi connectivity index (χ1) is 8.71. The van der Waals surface area contributed by atoms with Gasteiger partial charge in [0, 0.05) is 9.89 Å². The van der Waals surface area contributed by atoms with Gasteiger partial charge >= 0.3 is 0 Å². The Morgan fingerprint density at radius 2 is 1.84 bits per heavy atom. The number of nitrogens with zero attached hydrogens (tertiary/aromatic N) is 1. The van der Waals surface area contributed by atoms with Crippen molar-refractivity contribution in [2.24, 2.45) is 0 Å². The molecule has 2 rings (SSSR count). The number of hydrogen-bond acceptors (Lipinski definition) is 1. The largest absolute Gasteiger partial charge is 0.293 e. The topological polar surface area (TPSA) is 37.8 Å². The quantitative estimate of drug-likeness (QED) is 0.778. The van der Waals surface area contributed by atoms with Crippen molar-refractivity contribution in [3.05, 3.63) is 48.8 Å². The number of aromatic nitrogens is 2. The second-order valence-corrected chi connectivity index (χ2v) is 7.33. The second-order valence-electron chi connectivity index (χ2n) is 5.62. The standard InChI is InChI=1S/C14H16Br2N2O/c1-8-7-9(15)5-6-10(8)18-13(19)11(16)12(17-18)14(2,3)4/h5-7,17H,1-4H3. The molecule has 3 nitrogen and oxygen atoms in total. The fraction of sp³-hybridized carbons (Fsp3) is 0.357. The Balaban J connectivity index is 2.68. The maximum Gasteiger partial charge on any atom is 0.285 e. The molecule has 2 aromatic rings. The molecule has 0 bridgehead atoms. The van der Waals surface area contributed by atoms with Gasteiger partial charge in [0.2, 0.25) is 0 Å². The molecular formula is C14H16Br2N2O. The zero-order valence-corrected chi connectivity index (χ0v) is 14.5. The molecule has 1 N–H and O–H groups in total. The number of halogens is 2. The predicted octanol–water partition coefficient (Wildman–Crippen LogP) is 4.30. The maximum atomic E-state index is 12.3. The van der Waals surface area contributed by atoms with E-state index < -0.39 is 0 Å². The van der Waals surface area contributed by atoms with E-state index in [2.05, 4.69) is 57.7 Å². The minimum atomic E-state index is -0.119. The van der Waals surface area contributed by atoms with Crippen LogP contribution in [0.15, 0.2) is 31.9 Å². The van der Waals surface area contributed by atoms with Gasteiger partial charge in [0.05, 0.1) is 11.4 Å². The Hall–Kier alpha value is -0.810. The van der Waals surface area contributed by atoms with Gasteiger partial charge in [0.1, 0.15) is 4.47 Å². The SMILES string of the molecule is Cc1cc(Br)ccc1-n1[nH]c(C(C)(C)C)c(Br)c1=O. The molecule has 102 valence electrons. The lowest BCUT2D eigenvalue weighted by atomic mass is 9.93. The van der Waals surface area contributed by atoms with Crippen molar-refractivity contribution < 1.29 is 0 Å². The van der Waals surface area contributed by atoms with Gasteiger partial charge in [-0.25, -0.2) is 4.68 Å². The van der Waals surface area contributed by atoms with Crippen molar-refractivity contribution in [1.29, 1.82) is 0 Å². The van der Waals surface area contributed by atoms with Gasteiger partial charge in [0.25, 0.3) is 5.56 Å². The third-order valence-corrected chi connectivity index (χ3v) is 4.21. The smallest absolute Gasteiger partial charge is 0.285 e. The van der Waals surface area contributed by atoms with Crippen LogP contribution in [0.2, 0.25) is 0 Å². The van der Waals surface area contributed by atoms with Gasteiger partial charge in [0.15, 0.2) is 0 Å². The van der Waals surface area contributed by atoms with Crippen LogP contribution in [0, 0.1) is 6.92 Å². The zero-order chi connectivity index (χ0) is 14.4. The number of aryl methyl sites for hydroxylation is 1. The molecule has 19 heavy (non-hydrogen) atoms. The fourth-order valence-electron chi connectivity index (χ4n) is 1.95. The van der Waals surface area contributed by atoms with E-state index in [9.17, 15) is 4.79 Å². The van der Waals surface area contributed by atoms with Crippen molar-refractivity contribution in [3.63, 3.8) is 0 Å². The van der Waals surface area contributed by atoms with Gasteiger partial charge in [-0.15, -0.1) is 0 Å². The van der Waals surface area contributed by atoms with Gasteiger partial charge in [-0.2, -0.15) is 0 Å². The molecule has 0 aliphatic heterocycles. The molecule has 0 radical (unpaired) electrons. The normalized spacial score (nSPS) is 11.9. The summed E-state index contributed by atoms with van der Waals surface area (Å²) in [4.78, 5) is 12.3. The number of aromatic amines is 1. The van der Waals surface area contributed by atoms with Crippen LogP contribution in [-0.2, 0) is 5.41 Å². The van der Waals surface area contributed by atoms with Crippen LogP contribution in [0.4, 0.5) is 0 Å². The summed E-state index contributed by atoms with van der Waals surface area (Å²) in [6, 6.07) is 5.85. The van der Waals surface area contributed by atoms with E-state index in [1.165, 1.54) is 0 Å². The molecule has 0 aliphatic carbocycles. The van der Waals surface area contributed by atoms with E-state index in [4.69, 9.17) is 0 Å². The average molecular weight is 388 g/mol. The predicted molar refractivity (Wildman–Crippen MR) is 85.2 cm³/mol. The molecule has 0 fully saturated rings. The molecular weight excluding hydrogens is 372 g/mol. The minimum absolute atomic E-state index is 0.0599. The van der Waals surface area contributed by atoms with Crippen molar-refractivity contribution in [2.45, 2.75) is 33.1 Å². The average Bonchev–Trinajstić information content (AvgIpc) is 2.56. The Morgan fingerprint density at radius 1 is 1.21 bits per heavy atom. The van der Waals surface area contributed by atoms with Crippen LogP contribution in [0.3, 0.4) is 0 Å².